The topological polar surface area (TPSA) is 108 Å². The van der Waals surface area contributed by atoms with Crippen molar-refractivity contribution in [3.05, 3.63) is 72.7 Å². The lowest BCUT2D eigenvalue weighted by Crippen LogP contribution is -2.52. The number of hydrogen-bond acceptors (Lipinski definition) is 7. The van der Waals surface area contributed by atoms with Crippen LogP contribution >= 0.6 is 0 Å². The molecule has 0 aliphatic carbocycles. The molecular weight excluding hydrogens is 478 g/mol. The van der Waals surface area contributed by atoms with Crippen LogP contribution in [0.2, 0.25) is 0 Å². The third-order valence-corrected chi connectivity index (χ3v) is 6.97. The maximum absolute atomic E-state index is 13.9. The maximum Gasteiger partial charge on any atom is 0.263 e. The average Bonchev–Trinajstić information content (AvgIpc) is 2.86. The Balaban J connectivity index is 0.00000241. The van der Waals surface area contributed by atoms with Gasteiger partial charge in [0.2, 0.25) is 5.91 Å². The van der Waals surface area contributed by atoms with Crippen molar-refractivity contribution in [1.82, 2.24) is 14.9 Å². The lowest BCUT2D eigenvalue weighted by molar-refractivity contribution is -0.131. The van der Waals surface area contributed by atoms with Crippen molar-refractivity contribution < 1.29 is 24.8 Å². The number of halogens is 2. The van der Waals surface area contributed by atoms with Gasteiger partial charge in [-0.2, -0.15) is 0 Å². The number of anilines is 3. The van der Waals surface area contributed by atoms with Crippen LogP contribution in [0.15, 0.2) is 66.0 Å². The van der Waals surface area contributed by atoms with Gasteiger partial charge in [0, 0.05) is 47.0 Å². The molecule has 1 aliphatic rings. The fourth-order valence-electron chi connectivity index (χ4n) is 3.74. The van der Waals surface area contributed by atoms with E-state index in [9.17, 15) is 22.0 Å². The average molecular weight is 507 g/mol. The summed E-state index contributed by atoms with van der Waals surface area (Å²) < 4.78 is 54.5. The summed E-state index contributed by atoms with van der Waals surface area (Å²) >= 11 is 0. The van der Waals surface area contributed by atoms with Gasteiger partial charge in [0.25, 0.3) is 10.0 Å². The van der Waals surface area contributed by atoms with Gasteiger partial charge in [0.1, 0.15) is 29.8 Å². The van der Waals surface area contributed by atoms with Crippen LogP contribution in [0.1, 0.15) is 9.78 Å². The summed E-state index contributed by atoms with van der Waals surface area (Å²) in [5.74, 6) is -1.45. The zero-order chi connectivity index (χ0) is 25.0. The zero-order valence-electron chi connectivity index (χ0n) is 18.9. The summed E-state index contributed by atoms with van der Waals surface area (Å²) in [5.41, 5.74) is 0.896. The van der Waals surface area contributed by atoms with Crippen molar-refractivity contribution in [1.29, 1.82) is 0 Å². The number of sulfonamides is 1. The van der Waals surface area contributed by atoms with Crippen molar-refractivity contribution in [2.75, 3.05) is 41.1 Å². The molecule has 12 heteroatoms. The number of nitrogens with one attached hydrogen (secondary N) is 2. The first kappa shape index (κ1) is 24.3. The zero-order valence-corrected chi connectivity index (χ0v) is 19.7. The first-order valence-corrected chi connectivity index (χ1v) is 12.4. The van der Waals surface area contributed by atoms with E-state index in [0.29, 0.717) is 26.2 Å². The Morgan fingerprint density at radius 2 is 1.77 bits per heavy atom. The second-order valence-corrected chi connectivity index (χ2v) is 9.68. The standard InChI is InChI=1S/C23H24F2N6O3S.2H2/c1-16(28-21-7-2-17(24)14-20(21)25)23(32)31-12-10-30(11-13-31)18-3-5-19(6-4-18)35(33,34)29-22-8-9-26-15-27-22;;/h2-9,14-16,28H,10-13H2,1H3,(H,26,27,29);2*1H. The molecule has 0 spiro atoms. The van der Waals surface area contributed by atoms with Crippen molar-refractivity contribution in [2.24, 2.45) is 0 Å². The van der Waals surface area contributed by atoms with Crippen LogP contribution < -0.4 is 14.9 Å². The Kier molecular flexibility index (Phi) is 7.10. The lowest BCUT2D eigenvalue weighted by Gasteiger charge is -2.37. The van der Waals surface area contributed by atoms with Crippen LogP contribution in [0, 0.1) is 11.6 Å². The second-order valence-electron chi connectivity index (χ2n) is 8.00. The molecule has 1 fully saturated rings. The van der Waals surface area contributed by atoms with E-state index >= 15 is 0 Å². The summed E-state index contributed by atoms with van der Waals surface area (Å²) in [7, 11) is -3.79. The fourth-order valence-corrected chi connectivity index (χ4v) is 4.75. The van der Waals surface area contributed by atoms with E-state index in [1.54, 1.807) is 24.0 Å². The van der Waals surface area contributed by atoms with E-state index in [1.165, 1.54) is 36.8 Å². The number of piperazine rings is 1. The fraction of sp³-hybridized carbons (Fsp3) is 0.261. The van der Waals surface area contributed by atoms with Crippen LogP contribution in [-0.2, 0) is 14.8 Å². The van der Waals surface area contributed by atoms with Crippen LogP contribution in [0.4, 0.5) is 26.0 Å². The smallest absolute Gasteiger partial charge is 0.263 e. The molecule has 1 saturated heterocycles. The molecule has 1 aliphatic heterocycles. The Morgan fingerprint density at radius 1 is 1.06 bits per heavy atom. The highest BCUT2D eigenvalue weighted by atomic mass is 32.2. The largest absolute Gasteiger partial charge is 0.372 e. The number of rotatable bonds is 7. The Bertz CT molecular complexity index is 1300. The highest BCUT2D eigenvalue weighted by molar-refractivity contribution is 7.92. The molecule has 1 amide bonds. The van der Waals surface area contributed by atoms with E-state index in [2.05, 4.69) is 24.9 Å². The summed E-state index contributed by atoms with van der Waals surface area (Å²) in [6.45, 7) is 3.63. The highest BCUT2D eigenvalue weighted by Gasteiger charge is 2.26. The van der Waals surface area contributed by atoms with E-state index in [4.69, 9.17) is 0 Å². The summed E-state index contributed by atoms with van der Waals surface area (Å²) in [5, 5.41) is 2.80. The molecule has 1 unspecified atom stereocenters. The Hall–Kier alpha value is -3.80. The van der Waals surface area contributed by atoms with Gasteiger partial charge in [-0.25, -0.2) is 27.2 Å². The molecular formula is C23H28F2N6O3S. The van der Waals surface area contributed by atoms with Crippen LogP contribution in [0.3, 0.4) is 0 Å². The molecule has 0 saturated carbocycles. The first-order chi connectivity index (χ1) is 16.7. The van der Waals surface area contributed by atoms with Crippen molar-refractivity contribution in [3.8, 4) is 0 Å². The number of benzene rings is 2. The predicted octanol–water partition coefficient (Wildman–Crippen LogP) is 3.20. The van der Waals surface area contributed by atoms with Gasteiger partial charge < -0.3 is 15.1 Å². The normalized spacial score (nSPS) is 14.9. The minimum atomic E-state index is -3.79. The first-order valence-electron chi connectivity index (χ1n) is 10.9. The summed E-state index contributed by atoms with van der Waals surface area (Å²) in [6, 6.07) is 10.4. The van der Waals surface area contributed by atoms with Crippen molar-refractivity contribution in [3.63, 3.8) is 0 Å². The Morgan fingerprint density at radius 3 is 2.40 bits per heavy atom. The van der Waals surface area contributed by atoms with Gasteiger partial charge in [-0.1, -0.05) is 0 Å². The van der Waals surface area contributed by atoms with Gasteiger partial charge in [-0.3, -0.25) is 9.52 Å². The molecule has 0 bridgehead atoms. The molecule has 4 rings (SSSR count). The van der Waals surface area contributed by atoms with Gasteiger partial charge in [-0.05, 0) is 49.4 Å². The predicted molar refractivity (Wildman–Crippen MR) is 132 cm³/mol. The molecule has 2 aromatic carbocycles. The molecule has 0 radical (unpaired) electrons. The minimum absolute atomic E-state index is 0. The van der Waals surface area contributed by atoms with E-state index in [-0.39, 0.29) is 25.2 Å². The summed E-state index contributed by atoms with van der Waals surface area (Å²) in [6.07, 6.45) is 2.69. The number of aromatic nitrogens is 2. The number of amides is 1. The third-order valence-electron chi connectivity index (χ3n) is 5.60. The monoisotopic (exact) mass is 506 g/mol. The van der Waals surface area contributed by atoms with Crippen LogP contribution in [0.25, 0.3) is 0 Å². The van der Waals surface area contributed by atoms with Crippen molar-refractivity contribution in [2.45, 2.75) is 17.9 Å². The molecule has 2 N–H and O–H groups in total. The molecule has 1 atom stereocenters. The second kappa shape index (κ2) is 10.2. The van der Waals surface area contributed by atoms with E-state index in [0.717, 1.165) is 17.8 Å². The van der Waals surface area contributed by atoms with Crippen LogP contribution in [0.5, 0.6) is 0 Å². The molecule has 9 nitrogen and oxygen atoms in total. The molecule has 35 heavy (non-hydrogen) atoms. The molecule has 3 aromatic rings. The quantitative estimate of drug-likeness (QED) is 0.507. The van der Waals surface area contributed by atoms with Gasteiger partial charge in [0.05, 0.1) is 10.6 Å². The maximum atomic E-state index is 13.9. The Labute approximate surface area is 204 Å². The SMILES string of the molecule is CC(Nc1ccc(F)cc1F)C(=O)N1CCN(c2ccc(S(=O)(=O)Nc3ccncn3)cc2)CC1.[HH].[HH]. The number of nitrogens with zero attached hydrogens (tertiary/aromatic N) is 4. The highest BCUT2D eigenvalue weighted by Crippen LogP contribution is 2.22. The van der Waals surface area contributed by atoms with Crippen LogP contribution in [-0.4, -0.2) is 61.4 Å². The van der Waals surface area contributed by atoms with Gasteiger partial charge in [0.15, 0.2) is 0 Å². The number of carbonyl (C=O) groups is 1. The molecule has 2 heterocycles. The minimum Gasteiger partial charge on any atom is -0.372 e. The van der Waals surface area contributed by atoms with Gasteiger partial charge >= 0.3 is 0 Å². The molecule has 188 valence electrons. The van der Waals surface area contributed by atoms with E-state index < -0.39 is 27.7 Å². The summed E-state index contributed by atoms with van der Waals surface area (Å²) in [4.78, 5) is 24.2. The lowest BCUT2D eigenvalue weighted by atomic mass is 10.2. The van der Waals surface area contributed by atoms with Gasteiger partial charge in [-0.15, -0.1) is 0 Å². The number of carbonyl (C=O) groups excluding carboxylic acids is 1. The van der Waals surface area contributed by atoms with Crippen molar-refractivity contribution >= 4 is 33.1 Å². The third kappa shape index (κ3) is 5.83. The van der Waals surface area contributed by atoms with E-state index in [1.807, 2.05) is 0 Å². The molecule has 1 aromatic heterocycles. The number of hydrogen-bond donors (Lipinski definition) is 2.